The summed E-state index contributed by atoms with van der Waals surface area (Å²) in [5.74, 6) is -1.77. The lowest BCUT2D eigenvalue weighted by Crippen LogP contribution is -2.43. The first kappa shape index (κ1) is 23.4. The summed E-state index contributed by atoms with van der Waals surface area (Å²) in [5.41, 5.74) is -0.647. The highest BCUT2D eigenvalue weighted by Crippen LogP contribution is 2.31. The van der Waals surface area contributed by atoms with Crippen molar-refractivity contribution in [2.75, 3.05) is 6.54 Å². The maximum atomic E-state index is 12.9. The Morgan fingerprint density at radius 2 is 1.81 bits per heavy atom. The number of alkyl halides is 3. The number of ether oxygens (including phenoxy) is 1. The van der Waals surface area contributed by atoms with Crippen LogP contribution in [0.15, 0.2) is 48.5 Å². The van der Waals surface area contributed by atoms with Crippen LogP contribution in [0.2, 0.25) is 5.02 Å². The summed E-state index contributed by atoms with van der Waals surface area (Å²) in [5, 5.41) is 5.63. The minimum absolute atomic E-state index is 0.234. The van der Waals surface area contributed by atoms with E-state index in [4.69, 9.17) is 11.6 Å². The molecule has 1 saturated heterocycles. The molecule has 170 valence electrons. The molecule has 32 heavy (non-hydrogen) atoms. The molecule has 1 aliphatic heterocycles. The number of nitrogens with one attached hydrogen (secondary N) is 2. The lowest BCUT2D eigenvalue weighted by atomic mass is 9.92. The van der Waals surface area contributed by atoms with Gasteiger partial charge in [-0.15, -0.1) is 13.2 Å². The van der Waals surface area contributed by atoms with Crippen LogP contribution in [0.25, 0.3) is 0 Å². The number of urea groups is 1. The van der Waals surface area contributed by atoms with Crippen LogP contribution in [0.1, 0.15) is 31.0 Å². The number of amides is 4. The van der Waals surface area contributed by atoms with Crippen molar-refractivity contribution in [3.63, 3.8) is 0 Å². The van der Waals surface area contributed by atoms with E-state index in [9.17, 15) is 27.6 Å². The van der Waals surface area contributed by atoms with Gasteiger partial charge in [0.1, 0.15) is 17.8 Å². The van der Waals surface area contributed by atoms with E-state index in [0.29, 0.717) is 10.6 Å². The Balaban J connectivity index is 1.70. The van der Waals surface area contributed by atoms with Crippen molar-refractivity contribution in [3.8, 4) is 5.75 Å². The monoisotopic (exact) mass is 469 g/mol. The van der Waals surface area contributed by atoms with E-state index < -0.39 is 48.1 Å². The minimum Gasteiger partial charge on any atom is -0.406 e. The SMILES string of the molecule is CC(NC(=O)CN1C(=O)NC(C)(c2ccc(OC(F)(F)F)cc2)C1=O)c1ccccc1Cl. The van der Waals surface area contributed by atoms with Crippen LogP contribution >= 0.6 is 11.6 Å². The molecular formula is C21H19ClF3N3O4. The zero-order valence-electron chi connectivity index (χ0n) is 17.0. The van der Waals surface area contributed by atoms with Crippen LogP contribution in [-0.2, 0) is 15.1 Å². The third-order valence-electron chi connectivity index (χ3n) is 4.99. The quantitative estimate of drug-likeness (QED) is 0.628. The predicted octanol–water partition coefficient (Wildman–Crippen LogP) is 3.88. The van der Waals surface area contributed by atoms with Gasteiger partial charge in [-0.3, -0.25) is 14.5 Å². The van der Waals surface area contributed by atoms with Gasteiger partial charge in [-0.1, -0.05) is 41.9 Å². The first-order chi connectivity index (χ1) is 14.9. The minimum atomic E-state index is -4.85. The topological polar surface area (TPSA) is 87.7 Å². The molecule has 0 aliphatic carbocycles. The molecule has 2 aromatic carbocycles. The van der Waals surface area contributed by atoms with Gasteiger partial charge >= 0.3 is 12.4 Å². The number of halogens is 4. The Labute approximate surface area is 186 Å². The Bertz CT molecular complexity index is 1050. The lowest BCUT2D eigenvalue weighted by molar-refractivity contribution is -0.274. The van der Waals surface area contributed by atoms with Crippen molar-refractivity contribution in [3.05, 3.63) is 64.7 Å². The van der Waals surface area contributed by atoms with Gasteiger partial charge in [0.2, 0.25) is 5.91 Å². The summed E-state index contributed by atoms with van der Waals surface area (Å²) in [6.07, 6.45) is -4.85. The van der Waals surface area contributed by atoms with Crippen LogP contribution in [0, 0.1) is 0 Å². The van der Waals surface area contributed by atoms with Gasteiger partial charge in [0, 0.05) is 5.02 Å². The maximum Gasteiger partial charge on any atom is 0.573 e. The second-order valence-corrected chi connectivity index (χ2v) is 7.74. The average molecular weight is 470 g/mol. The number of imide groups is 1. The molecule has 2 atom stereocenters. The zero-order chi connectivity index (χ0) is 23.7. The molecule has 0 radical (unpaired) electrons. The summed E-state index contributed by atoms with van der Waals surface area (Å²) in [7, 11) is 0. The summed E-state index contributed by atoms with van der Waals surface area (Å²) >= 11 is 6.12. The summed E-state index contributed by atoms with van der Waals surface area (Å²) in [6.45, 7) is 2.57. The number of hydrogen-bond acceptors (Lipinski definition) is 4. The highest BCUT2D eigenvalue weighted by Gasteiger charge is 2.49. The van der Waals surface area contributed by atoms with Gasteiger partial charge in [-0.25, -0.2) is 4.79 Å². The molecule has 11 heteroatoms. The van der Waals surface area contributed by atoms with Crippen molar-refractivity contribution in [2.24, 2.45) is 0 Å². The molecule has 1 aliphatic rings. The fourth-order valence-corrected chi connectivity index (χ4v) is 3.66. The molecule has 0 aromatic heterocycles. The van der Waals surface area contributed by atoms with E-state index in [1.165, 1.54) is 19.1 Å². The van der Waals surface area contributed by atoms with Crippen molar-refractivity contribution in [1.29, 1.82) is 0 Å². The second kappa shape index (κ2) is 8.70. The predicted molar refractivity (Wildman–Crippen MR) is 109 cm³/mol. The number of rotatable bonds is 6. The largest absolute Gasteiger partial charge is 0.573 e. The van der Waals surface area contributed by atoms with Gasteiger partial charge in [-0.2, -0.15) is 0 Å². The summed E-state index contributed by atoms with van der Waals surface area (Å²) < 4.78 is 40.8. The molecule has 2 aromatic rings. The molecule has 1 fully saturated rings. The molecule has 4 amide bonds. The molecule has 1 heterocycles. The molecule has 0 saturated carbocycles. The van der Waals surface area contributed by atoms with Crippen molar-refractivity contribution < 1.29 is 32.3 Å². The van der Waals surface area contributed by atoms with Crippen LogP contribution in [0.4, 0.5) is 18.0 Å². The standard InChI is InChI=1S/C21H19ClF3N3O4/c1-12(15-5-3-4-6-16(15)22)26-17(29)11-28-18(30)20(2,27-19(28)31)13-7-9-14(10-8-13)32-21(23,24)25/h3-10,12H,11H2,1-2H3,(H,26,29)(H,27,31). The summed E-state index contributed by atoms with van der Waals surface area (Å²) in [4.78, 5) is 38.5. The van der Waals surface area contributed by atoms with Gasteiger partial charge in [0.25, 0.3) is 5.91 Å². The lowest BCUT2D eigenvalue weighted by Gasteiger charge is -2.23. The fraction of sp³-hybridized carbons (Fsp3) is 0.286. The third kappa shape index (κ3) is 4.96. The number of hydrogen-bond donors (Lipinski definition) is 2. The molecule has 2 N–H and O–H groups in total. The molecule has 2 unspecified atom stereocenters. The average Bonchev–Trinajstić information content (AvgIpc) is 2.91. The molecule has 7 nitrogen and oxygen atoms in total. The van der Waals surface area contributed by atoms with E-state index in [1.807, 2.05) is 0 Å². The second-order valence-electron chi connectivity index (χ2n) is 7.33. The van der Waals surface area contributed by atoms with E-state index >= 15 is 0 Å². The van der Waals surface area contributed by atoms with Gasteiger partial charge in [0.15, 0.2) is 0 Å². The molecule has 3 rings (SSSR count). The van der Waals surface area contributed by atoms with E-state index in [2.05, 4.69) is 15.4 Å². The van der Waals surface area contributed by atoms with Crippen LogP contribution < -0.4 is 15.4 Å². The Morgan fingerprint density at radius 3 is 2.41 bits per heavy atom. The molecule has 0 bridgehead atoms. The molecule has 0 spiro atoms. The van der Waals surface area contributed by atoms with E-state index in [0.717, 1.165) is 17.0 Å². The number of carbonyl (C=O) groups excluding carboxylic acids is 3. The van der Waals surface area contributed by atoms with Gasteiger partial charge < -0.3 is 15.4 Å². The number of carbonyl (C=O) groups is 3. The van der Waals surface area contributed by atoms with E-state index in [1.54, 1.807) is 31.2 Å². The first-order valence-corrected chi connectivity index (χ1v) is 9.82. The first-order valence-electron chi connectivity index (χ1n) is 9.45. The zero-order valence-corrected chi connectivity index (χ0v) is 17.8. The van der Waals surface area contributed by atoms with Crippen molar-refractivity contribution >= 4 is 29.4 Å². The number of benzene rings is 2. The third-order valence-corrected chi connectivity index (χ3v) is 5.34. The van der Waals surface area contributed by atoms with Crippen molar-refractivity contribution in [1.82, 2.24) is 15.5 Å². The summed E-state index contributed by atoms with van der Waals surface area (Å²) in [6, 6.07) is 10.2. The smallest absolute Gasteiger partial charge is 0.406 e. The van der Waals surface area contributed by atoms with Gasteiger partial charge in [-0.05, 0) is 43.2 Å². The maximum absolute atomic E-state index is 12.9. The normalized spacial score (nSPS) is 19.5. The van der Waals surface area contributed by atoms with Crippen LogP contribution in [0.3, 0.4) is 0 Å². The Kier molecular flexibility index (Phi) is 6.36. The Hall–Kier alpha value is -3.27. The van der Waals surface area contributed by atoms with Crippen LogP contribution in [-0.4, -0.2) is 35.7 Å². The Morgan fingerprint density at radius 1 is 1.19 bits per heavy atom. The molecular weight excluding hydrogens is 451 g/mol. The number of nitrogens with zero attached hydrogens (tertiary/aromatic N) is 1. The van der Waals surface area contributed by atoms with Crippen molar-refractivity contribution in [2.45, 2.75) is 31.8 Å². The highest BCUT2D eigenvalue weighted by molar-refractivity contribution is 6.31. The van der Waals surface area contributed by atoms with Crippen LogP contribution in [0.5, 0.6) is 5.75 Å². The fourth-order valence-electron chi connectivity index (χ4n) is 3.36. The highest BCUT2D eigenvalue weighted by atomic mass is 35.5. The van der Waals surface area contributed by atoms with Gasteiger partial charge in [0.05, 0.1) is 6.04 Å². The van der Waals surface area contributed by atoms with E-state index in [-0.39, 0.29) is 5.56 Å².